The van der Waals surface area contributed by atoms with Gasteiger partial charge in [-0.05, 0) is 51.0 Å². The number of benzene rings is 1. The molecule has 0 saturated heterocycles. The van der Waals surface area contributed by atoms with Crippen LogP contribution in [0.2, 0.25) is 0 Å². The number of nitrogens with one attached hydrogen (secondary N) is 2. The fourth-order valence-electron chi connectivity index (χ4n) is 2.88. The van der Waals surface area contributed by atoms with Crippen molar-refractivity contribution in [3.63, 3.8) is 0 Å². The van der Waals surface area contributed by atoms with Crippen LogP contribution in [0.1, 0.15) is 49.9 Å². The number of hydrogen-bond donors (Lipinski definition) is 2. The van der Waals surface area contributed by atoms with Gasteiger partial charge in [-0.3, -0.25) is 9.59 Å². The maximum Gasteiger partial charge on any atom is 0.252 e. The quantitative estimate of drug-likeness (QED) is 0.847. The van der Waals surface area contributed by atoms with E-state index in [9.17, 15) is 9.59 Å². The Morgan fingerprint density at radius 1 is 1.14 bits per heavy atom. The van der Waals surface area contributed by atoms with Crippen LogP contribution in [0.5, 0.6) is 5.75 Å². The molecule has 2 N–H and O–H groups in total. The molecule has 120 valence electrons. The van der Waals surface area contributed by atoms with E-state index in [4.69, 9.17) is 4.74 Å². The second-order valence-corrected chi connectivity index (χ2v) is 5.56. The molecular formula is C17H24N2O3. The van der Waals surface area contributed by atoms with Crippen molar-refractivity contribution >= 4 is 11.8 Å². The number of carbonyl (C=O) groups is 2. The summed E-state index contributed by atoms with van der Waals surface area (Å²) in [5.74, 6) is 0.446. The number of carbonyl (C=O) groups excluding carboxylic acids is 2. The minimum atomic E-state index is -0.758. The zero-order valence-corrected chi connectivity index (χ0v) is 13.3. The van der Waals surface area contributed by atoms with E-state index in [1.165, 1.54) is 0 Å². The van der Waals surface area contributed by atoms with Crippen molar-refractivity contribution in [2.75, 3.05) is 13.2 Å². The normalized spacial score (nSPS) is 16.1. The molecule has 5 heteroatoms. The number of rotatable bonds is 6. The maximum atomic E-state index is 12.5. The molecule has 1 saturated carbocycles. The average molecular weight is 304 g/mol. The van der Waals surface area contributed by atoms with Gasteiger partial charge in [-0.15, -0.1) is 0 Å². The number of hydrogen-bond acceptors (Lipinski definition) is 3. The lowest BCUT2D eigenvalue weighted by Crippen LogP contribution is -2.57. The van der Waals surface area contributed by atoms with Crippen LogP contribution in [-0.4, -0.2) is 30.5 Å². The number of amides is 2. The Hall–Kier alpha value is -2.04. The summed E-state index contributed by atoms with van der Waals surface area (Å²) in [6.45, 7) is 4.96. The monoisotopic (exact) mass is 304 g/mol. The third-order valence-electron chi connectivity index (χ3n) is 4.01. The molecule has 0 bridgehead atoms. The smallest absolute Gasteiger partial charge is 0.252 e. The van der Waals surface area contributed by atoms with E-state index in [1.807, 2.05) is 13.8 Å². The van der Waals surface area contributed by atoms with Crippen molar-refractivity contribution in [3.8, 4) is 5.75 Å². The van der Waals surface area contributed by atoms with E-state index in [0.717, 1.165) is 18.6 Å². The van der Waals surface area contributed by atoms with Crippen LogP contribution in [0.25, 0.3) is 0 Å². The first-order chi connectivity index (χ1) is 10.6. The predicted molar refractivity (Wildman–Crippen MR) is 85.0 cm³/mol. The average Bonchev–Trinajstić information content (AvgIpc) is 2.98. The van der Waals surface area contributed by atoms with Crippen molar-refractivity contribution in [3.05, 3.63) is 29.8 Å². The molecule has 1 aromatic rings. The second kappa shape index (κ2) is 7.29. The van der Waals surface area contributed by atoms with Crippen molar-refractivity contribution in [1.82, 2.24) is 10.6 Å². The maximum absolute atomic E-state index is 12.5. The van der Waals surface area contributed by atoms with Crippen LogP contribution in [0.15, 0.2) is 24.3 Å². The lowest BCUT2D eigenvalue weighted by molar-refractivity contribution is -0.127. The van der Waals surface area contributed by atoms with Gasteiger partial charge in [0.25, 0.3) is 5.91 Å². The fraction of sp³-hybridized carbons (Fsp3) is 0.529. The van der Waals surface area contributed by atoms with Gasteiger partial charge in [0.2, 0.25) is 5.91 Å². The third kappa shape index (κ3) is 3.59. The molecule has 0 atom stereocenters. The summed E-state index contributed by atoms with van der Waals surface area (Å²) in [4.78, 5) is 24.8. The van der Waals surface area contributed by atoms with Crippen LogP contribution >= 0.6 is 0 Å². The summed E-state index contributed by atoms with van der Waals surface area (Å²) in [7, 11) is 0. The molecule has 0 heterocycles. The highest BCUT2D eigenvalue weighted by Crippen LogP contribution is 2.30. The molecule has 1 aromatic carbocycles. The Morgan fingerprint density at radius 3 is 2.32 bits per heavy atom. The van der Waals surface area contributed by atoms with Crippen LogP contribution < -0.4 is 15.4 Å². The molecular weight excluding hydrogens is 280 g/mol. The van der Waals surface area contributed by atoms with Crippen LogP contribution in [0.4, 0.5) is 0 Å². The molecule has 5 nitrogen and oxygen atoms in total. The zero-order valence-electron chi connectivity index (χ0n) is 13.3. The molecule has 1 aliphatic carbocycles. The molecule has 0 radical (unpaired) electrons. The molecule has 0 aliphatic heterocycles. The Kier molecular flexibility index (Phi) is 5.41. The Morgan fingerprint density at radius 2 is 1.77 bits per heavy atom. The van der Waals surface area contributed by atoms with Crippen molar-refractivity contribution in [2.45, 2.75) is 45.1 Å². The van der Waals surface area contributed by atoms with Gasteiger partial charge in [0.1, 0.15) is 11.3 Å². The second-order valence-electron chi connectivity index (χ2n) is 5.56. The van der Waals surface area contributed by atoms with Crippen molar-refractivity contribution in [1.29, 1.82) is 0 Å². The first-order valence-electron chi connectivity index (χ1n) is 7.95. The van der Waals surface area contributed by atoms with E-state index in [0.29, 0.717) is 31.6 Å². The molecule has 2 rings (SSSR count). The summed E-state index contributed by atoms with van der Waals surface area (Å²) in [6, 6.07) is 6.99. The Labute approximate surface area is 131 Å². The van der Waals surface area contributed by atoms with E-state index in [1.54, 1.807) is 24.3 Å². The Balaban J connectivity index is 2.09. The molecule has 2 amide bonds. The van der Waals surface area contributed by atoms with Gasteiger partial charge in [0, 0.05) is 12.1 Å². The minimum absolute atomic E-state index is 0.0770. The van der Waals surface area contributed by atoms with Crippen LogP contribution in [0, 0.1) is 0 Å². The van der Waals surface area contributed by atoms with Crippen LogP contribution in [-0.2, 0) is 4.79 Å². The van der Waals surface area contributed by atoms with E-state index in [2.05, 4.69) is 10.6 Å². The summed E-state index contributed by atoms with van der Waals surface area (Å²) in [6.07, 6.45) is 3.31. The van der Waals surface area contributed by atoms with Gasteiger partial charge in [-0.2, -0.15) is 0 Å². The minimum Gasteiger partial charge on any atom is -0.494 e. The summed E-state index contributed by atoms with van der Waals surface area (Å²) in [5, 5.41) is 5.79. The molecule has 1 aliphatic rings. The standard InChI is InChI=1S/C17H24N2O3/c1-3-18-16(21)17(11-5-6-12-17)19-15(20)13-7-9-14(10-8-13)22-4-2/h7-10H,3-6,11-12H2,1-2H3,(H,18,21)(H,19,20). The summed E-state index contributed by atoms with van der Waals surface area (Å²) in [5.41, 5.74) is -0.217. The van der Waals surface area contributed by atoms with E-state index >= 15 is 0 Å². The summed E-state index contributed by atoms with van der Waals surface area (Å²) < 4.78 is 5.37. The van der Waals surface area contributed by atoms with Gasteiger partial charge in [-0.25, -0.2) is 0 Å². The lowest BCUT2D eigenvalue weighted by atomic mass is 9.95. The lowest BCUT2D eigenvalue weighted by Gasteiger charge is -2.28. The molecule has 0 spiro atoms. The van der Waals surface area contributed by atoms with Crippen LogP contribution in [0.3, 0.4) is 0 Å². The first kappa shape index (κ1) is 16.3. The topological polar surface area (TPSA) is 67.4 Å². The van der Waals surface area contributed by atoms with Crippen molar-refractivity contribution in [2.24, 2.45) is 0 Å². The summed E-state index contributed by atoms with van der Waals surface area (Å²) >= 11 is 0. The van der Waals surface area contributed by atoms with Gasteiger partial charge in [0.05, 0.1) is 6.61 Å². The van der Waals surface area contributed by atoms with Gasteiger partial charge in [0.15, 0.2) is 0 Å². The van der Waals surface area contributed by atoms with Gasteiger partial charge >= 0.3 is 0 Å². The third-order valence-corrected chi connectivity index (χ3v) is 4.01. The highest BCUT2D eigenvalue weighted by atomic mass is 16.5. The molecule has 0 unspecified atom stereocenters. The highest BCUT2D eigenvalue weighted by molar-refractivity contribution is 5.99. The largest absolute Gasteiger partial charge is 0.494 e. The molecule has 22 heavy (non-hydrogen) atoms. The van der Waals surface area contributed by atoms with Gasteiger partial charge < -0.3 is 15.4 Å². The van der Waals surface area contributed by atoms with Gasteiger partial charge in [-0.1, -0.05) is 12.8 Å². The Bertz CT molecular complexity index is 519. The van der Waals surface area contributed by atoms with Crippen molar-refractivity contribution < 1.29 is 14.3 Å². The number of likely N-dealkylation sites (N-methyl/N-ethyl adjacent to an activating group) is 1. The highest BCUT2D eigenvalue weighted by Gasteiger charge is 2.42. The number of ether oxygens (including phenoxy) is 1. The van der Waals surface area contributed by atoms with E-state index < -0.39 is 5.54 Å². The fourth-order valence-corrected chi connectivity index (χ4v) is 2.88. The molecule has 0 aromatic heterocycles. The SMILES string of the molecule is CCNC(=O)C1(NC(=O)c2ccc(OCC)cc2)CCCC1. The predicted octanol–water partition coefficient (Wildman–Crippen LogP) is 2.26. The first-order valence-corrected chi connectivity index (χ1v) is 7.95. The van der Waals surface area contributed by atoms with E-state index in [-0.39, 0.29) is 11.8 Å². The zero-order chi connectivity index (χ0) is 16.0. The molecule has 1 fully saturated rings.